The van der Waals surface area contributed by atoms with Gasteiger partial charge in [-0.1, -0.05) is 12.1 Å². The van der Waals surface area contributed by atoms with E-state index in [1.165, 1.54) is 27.9 Å². The van der Waals surface area contributed by atoms with Gasteiger partial charge in [-0.3, -0.25) is 4.90 Å². The van der Waals surface area contributed by atoms with Crippen LogP contribution in [0.5, 0.6) is 5.75 Å². The standard InChI is InChI=1S/C26H31N3O6S2/c1-36(30,31)25-13-20(3-6-24(25)35-18-19-7-10-29(11-8-19)37(2,32)33)15-28-16-22-5-4-21(14-23(22)17-28)26-27-9-12-34-26/h3-6,9,12-14,19H,7-8,10-11,15-18H2,1-2H3. The Morgan fingerprint density at radius 1 is 1.00 bits per heavy atom. The van der Waals surface area contributed by atoms with Crippen LogP contribution in [0.4, 0.5) is 0 Å². The van der Waals surface area contributed by atoms with Crippen molar-refractivity contribution in [3.8, 4) is 17.2 Å². The van der Waals surface area contributed by atoms with Crippen LogP contribution in [0.25, 0.3) is 11.5 Å². The molecule has 0 saturated carbocycles. The molecule has 0 spiro atoms. The molecule has 1 saturated heterocycles. The summed E-state index contributed by atoms with van der Waals surface area (Å²) in [5.74, 6) is 1.11. The molecular weight excluding hydrogens is 514 g/mol. The van der Waals surface area contributed by atoms with Gasteiger partial charge in [0.1, 0.15) is 16.9 Å². The van der Waals surface area contributed by atoms with E-state index < -0.39 is 19.9 Å². The molecule has 37 heavy (non-hydrogen) atoms. The first kappa shape index (κ1) is 25.9. The number of oxazole rings is 1. The first-order valence-electron chi connectivity index (χ1n) is 12.2. The molecule has 198 valence electrons. The van der Waals surface area contributed by atoms with Crippen molar-refractivity contribution >= 4 is 19.9 Å². The molecule has 2 aliphatic rings. The van der Waals surface area contributed by atoms with Crippen LogP contribution in [0.1, 0.15) is 29.5 Å². The van der Waals surface area contributed by atoms with E-state index in [1.807, 2.05) is 12.1 Å². The van der Waals surface area contributed by atoms with Crippen molar-refractivity contribution < 1.29 is 26.0 Å². The highest BCUT2D eigenvalue weighted by Crippen LogP contribution is 2.31. The third-order valence-corrected chi connectivity index (χ3v) is 9.43. The molecule has 0 N–H and O–H groups in total. The van der Waals surface area contributed by atoms with Crippen molar-refractivity contribution in [2.45, 2.75) is 37.4 Å². The summed E-state index contributed by atoms with van der Waals surface area (Å²) in [6.45, 7) is 3.41. The van der Waals surface area contributed by atoms with Crippen molar-refractivity contribution in [1.82, 2.24) is 14.2 Å². The maximum absolute atomic E-state index is 12.6. The minimum atomic E-state index is -3.50. The molecule has 5 rings (SSSR count). The van der Waals surface area contributed by atoms with Gasteiger partial charge in [0, 0.05) is 44.5 Å². The van der Waals surface area contributed by atoms with E-state index in [9.17, 15) is 16.8 Å². The SMILES string of the molecule is CS(=O)(=O)c1cc(CN2Cc3ccc(-c4ncco4)cc3C2)ccc1OCC1CCN(S(C)(=O)=O)CC1. The molecule has 2 aromatic carbocycles. The minimum Gasteiger partial charge on any atom is -0.492 e. The van der Waals surface area contributed by atoms with Crippen LogP contribution in [-0.2, 0) is 39.5 Å². The highest BCUT2D eigenvalue weighted by Gasteiger charge is 2.26. The fourth-order valence-electron chi connectivity index (χ4n) is 5.01. The lowest BCUT2D eigenvalue weighted by Crippen LogP contribution is -2.39. The largest absolute Gasteiger partial charge is 0.492 e. The van der Waals surface area contributed by atoms with Gasteiger partial charge < -0.3 is 9.15 Å². The molecule has 11 heteroatoms. The zero-order valence-corrected chi connectivity index (χ0v) is 22.6. The van der Waals surface area contributed by atoms with Gasteiger partial charge in [-0.2, -0.15) is 0 Å². The summed E-state index contributed by atoms with van der Waals surface area (Å²) in [6, 6.07) is 11.6. The van der Waals surface area contributed by atoms with E-state index in [4.69, 9.17) is 9.15 Å². The van der Waals surface area contributed by atoms with Gasteiger partial charge in [0.2, 0.25) is 15.9 Å². The summed E-state index contributed by atoms with van der Waals surface area (Å²) in [5.41, 5.74) is 4.28. The monoisotopic (exact) mass is 545 g/mol. The molecule has 9 nitrogen and oxygen atoms in total. The lowest BCUT2D eigenvalue weighted by molar-refractivity contribution is 0.183. The number of benzene rings is 2. The number of hydrogen-bond donors (Lipinski definition) is 0. The molecule has 0 radical (unpaired) electrons. The summed E-state index contributed by atoms with van der Waals surface area (Å²) >= 11 is 0. The summed E-state index contributed by atoms with van der Waals surface area (Å²) in [6.07, 6.45) is 6.98. The highest BCUT2D eigenvalue weighted by atomic mass is 32.2. The topological polar surface area (TPSA) is 110 Å². The molecule has 0 amide bonds. The number of aromatic nitrogens is 1. The third-order valence-electron chi connectivity index (χ3n) is 7.00. The zero-order chi connectivity index (χ0) is 26.2. The van der Waals surface area contributed by atoms with E-state index in [1.54, 1.807) is 24.6 Å². The summed E-state index contributed by atoms with van der Waals surface area (Å²) < 4.78 is 61.5. The maximum atomic E-state index is 12.6. The number of rotatable bonds is 8. The van der Waals surface area contributed by atoms with Gasteiger partial charge in [-0.05, 0) is 59.7 Å². The molecule has 0 aliphatic carbocycles. The lowest BCUT2D eigenvalue weighted by Gasteiger charge is -2.30. The first-order valence-corrected chi connectivity index (χ1v) is 15.9. The molecule has 1 aromatic heterocycles. The van der Waals surface area contributed by atoms with Crippen LogP contribution in [0.15, 0.2) is 58.2 Å². The number of fused-ring (bicyclic) bond motifs is 1. The summed E-state index contributed by atoms with van der Waals surface area (Å²) in [5, 5.41) is 0. The first-order chi connectivity index (χ1) is 17.6. The van der Waals surface area contributed by atoms with Crippen molar-refractivity contribution in [1.29, 1.82) is 0 Å². The number of ether oxygens (including phenoxy) is 1. The summed E-state index contributed by atoms with van der Waals surface area (Å²) in [4.78, 5) is 6.67. The Bertz CT molecular complexity index is 1480. The molecule has 2 aliphatic heterocycles. The second-order valence-corrected chi connectivity index (χ2v) is 13.9. The Kier molecular flexibility index (Phi) is 7.14. The van der Waals surface area contributed by atoms with Crippen LogP contribution in [0, 0.1) is 5.92 Å². The van der Waals surface area contributed by atoms with Crippen LogP contribution in [0.2, 0.25) is 0 Å². The Labute approximate surface area is 218 Å². The second kappa shape index (κ2) is 10.2. The van der Waals surface area contributed by atoms with Gasteiger partial charge in [0.25, 0.3) is 0 Å². The fourth-order valence-corrected chi connectivity index (χ4v) is 6.74. The second-order valence-electron chi connectivity index (χ2n) is 9.94. The van der Waals surface area contributed by atoms with E-state index in [-0.39, 0.29) is 10.8 Å². The number of nitrogens with zero attached hydrogens (tertiary/aromatic N) is 3. The smallest absolute Gasteiger partial charge is 0.225 e. The maximum Gasteiger partial charge on any atom is 0.225 e. The van der Waals surface area contributed by atoms with Crippen LogP contribution in [0.3, 0.4) is 0 Å². The molecule has 3 heterocycles. The van der Waals surface area contributed by atoms with E-state index >= 15 is 0 Å². The molecule has 3 aromatic rings. The van der Waals surface area contributed by atoms with Gasteiger partial charge in [0.05, 0.1) is 19.1 Å². The number of piperidine rings is 1. The molecule has 0 unspecified atom stereocenters. The number of sulfonamides is 1. The Hall–Kier alpha value is -2.73. The molecule has 1 fully saturated rings. The average molecular weight is 546 g/mol. The predicted octanol–water partition coefficient (Wildman–Crippen LogP) is 3.31. The quantitative estimate of drug-likeness (QED) is 0.424. The Balaban J connectivity index is 1.24. The van der Waals surface area contributed by atoms with Gasteiger partial charge in [0.15, 0.2) is 9.84 Å². The minimum absolute atomic E-state index is 0.175. The van der Waals surface area contributed by atoms with Gasteiger partial charge >= 0.3 is 0 Å². The zero-order valence-electron chi connectivity index (χ0n) is 21.0. The van der Waals surface area contributed by atoms with Crippen molar-refractivity contribution in [3.63, 3.8) is 0 Å². The third kappa shape index (κ3) is 6.06. The van der Waals surface area contributed by atoms with E-state index in [0.717, 1.165) is 24.2 Å². The predicted molar refractivity (Wildman–Crippen MR) is 139 cm³/mol. The number of sulfone groups is 1. The molecule has 0 atom stereocenters. The number of hydrogen-bond acceptors (Lipinski definition) is 8. The van der Waals surface area contributed by atoms with Crippen LogP contribution >= 0.6 is 0 Å². The fraction of sp³-hybridized carbons (Fsp3) is 0.423. The molecule has 0 bridgehead atoms. The van der Waals surface area contributed by atoms with Crippen LogP contribution < -0.4 is 4.74 Å². The van der Waals surface area contributed by atoms with Crippen molar-refractivity contribution in [3.05, 3.63) is 65.5 Å². The van der Waals surface area contributed by atoms with Crippen molar-refractivity contribution in [2.24, 2.45) is 5.92 Å². The Morgan fingerprint density at radius 2 is 1.76 bits per heavy atom. The average Bonchev–Trinajstić information content (AvgIpc) is 3.51. The van der Waals surface area contributed by atoms with Gasteiger partial charge in [-0.15, -0.1) is 0 Å². The van der Waals surface area contributed by atoms with Crippen LogP contribution in [-0.4, -0.2) is 63.2 Å². The van der Waals surface area contributed by atoms with Crippen molar-refractivity contribution in [2.75, 3.05) is 32.2 Å². The lowest BCUT2D eigenvalue weighted by atomic mass is 9.99. The molecular formula is C26H31N3O6S2. The normalized spacial score (nSPS) is 17.7. The summed E-state index contributed by atoms with van der Waals surface area (Å²) in [7, 11) is -6.69. The highest BCUT2D eigenvalue weighted by molar-refractivity contribution is 7.90. The van der Waals surface area contributed by atoms with E-state index in [0.29, 0.717) is 50.7 Å². The van der Waals surface area contributed by atoms with Gasteiger partial charge in [-0.25, -0.2) is 26.1 Å². The van der Waals surface area contributed by atoms with E-state index in [2.05, 4.69) is 22.0 Å². The Morgan fingerprint density at radius 3 is 2.43 bits per heavy atom.